The van der Waals surface area contributed by atoms with E-state index in [0.717, 1.165) is 0 Å². The van der Waals surface area contributed by atoms with Crippen molar-refractivity contribution in [1.29, 1.82) is 0 Å². The molecule has 0 saturated carbocycles. The molecule has 1 fully saturated rings. The van der Waals surface area contributed by atoms with Gasteiger partial charge in [-0.1, -0.05) is 0 Å². The molecule has 0 bridgehead atoms. The molecule has 1 saturated heterocycles. The summed E-state index contributed by atoms with van der Waals surface area (Å²) in [5.41, 5.74) is 0.668. The summed E-state index contributed by atoms with van der Waals surface area (Å²) >= 11 is 0. The van der Waals surface area contributed by atoms with Crippen molar-refractivity contribution in [2.45, 2.75) is 31.7 Å². The van der Waals surface area contributed by atoms with Crippen LogP contribution < -0.4 is 10.1 Å². The lowest BCUT2D eigenvalue weighted by Gasteiger charge is -2.26. The Hall–Kier alpha value is -1.64. The van der Waals surface area contributed by atoms with Gasteiger partial charge in [0.1, 0.15) is 5.75 Å². The van der Waals surface area contributed by atoms with Crippen LogP contribution >= 0.6 is 0 Å². The zero-order valence-corrected chi connectivity index (χ0v) is 15.1. The lowest BCUT2D eigenvalue weighted by molar-refractivity contribution is -0.123. The monoisotopic (exact) mass is 356 g/mol. The Morgan fingerprint density at radius 2 is 2.00 bits per heavy atom. The van der Waals surface area contributed by atoms with E-state index >= 15 is 0 Å². The minimum Gasteiger partial charge on any atom is -0.484 e. The Morgan fingerprint density at radius 1 is 1.33 bits per heavy atom. The van der Waals surface area contributed by atoms with Gasteiger partial charge in [-0.15, -0.1) is 0 Å². The molecular formula is C16H24N2O5S. The SMILES string of the molecule is Cc1cc(S(=O)(=O)N2CCOCC2)ccc1OCC(=O)NC(C)C. The van der Waals surface area contributed by atoms with Gasteiger partial charge in [-0.2, -0.15) is 4.31 Å². The third kappa shape index (κ3) is 4.68. The molecule has 7 nitrogen and oxygen atoms in total. The van der Waals surface area contributed by atoms with E-state index in [1.165, 1.54) is 10.4 Å². The Balaban J connectivity index is 2.07. The van der Waals surface area contributed by atoms with Crippen molar-refractivity contribution in [3.05, 3.63) is 23.8 Å². The van der Waals surface area contributed by atoms with Crippen LogP contribution in [0.15, 0.2) is 23.1 Å². The van der Waals surface area contributed by atoms with E-state index in [-0.39, 0.29) is 23.5 Å². The van der Waals surface area contributed by atoms with E-state index in [4.69, 9.17) is 9.47 Å². The van der Waals surface area contributed by atoms with Gasteiger partial charge in [0.25, 0.3) is 5.91 Å². The second-order valence-corrected chi connectivity index (χ2v) is 7.89. The number of nitrogens with zero attached hydrogens (tertiary/aromatic N) is 1. The molecule has 134 valence electrons. The second-order valence-electron chi connectivity index (χ2n) is 5.95. The standard InChI is InChI=1S/C16H24N2O5S/c1-12(2)17-16(19)11-23-15-5-4-14(10-13(15)3)24(20,21)18-6-8-22-9-7-18/h4-5,10,12H,6-9,11H2,1-3H3,(H,17,19). The highest BCUT2D eigenvalue weighted by atomic mass is 32.2. The average Bonchev–Trinajstić information content (AvgIpc) is 2.53. The molecular weight excluding hydrogens is 332 g/mol. The molecule has 24 heavy (non-hydrogen) atoms. The van der Waals surface area contributed by atoms with Crippen molar-refractivity contribution in [3.63, 3.8) is 0 Å². The number of hydrogen-bond acceptors (Lipinski definition) is 5. The average molecular weight is 356 g/mol. The molecule has 0 radical (unpaired) electrons. The van der Waals surface area contributed by atoms with E-state index in [9.17, 15) is 13.2 Å². The fraction of sp³-hybridized carbons (Fsp3) is 0.562. The number of sulfonamides is 1. The molecule has 1 aliphatic heterocycles. The summed E-state index contributed by atoms with van der Waals surface area (Å²) in [5.74, 6) is 0.282. The summed E-state index contributed by atoms with van der Waals surface area (Å²) in [4.78, 5) is 11.8. The topological polar surface area (TPSA) is 84.9 Å². The highest BCUT2D eigenvalue weighted by Crippen LogP contribution is 2.24. The Bertz CT molecular complexity index is 682. The van der Waals surface area contributed by atoms with Crippen LogP contribution in [0.1, 0.15) is 19.4 Å². The molecule has 1 aromatic rings. The van der Waals surface area contributed by atoms with Gasteiger partial charge in [-0.05, 0) is 44.5 Å². The predicted molar refractivity (Wildman–Crippen MR) is 89.5 cm³/mol. The fourth-order valence-electron chi connectivity index (χ4n) is 2.39. The smallest absolute Gasteiger partial charge is 0.258 e. The van der Waals surface area contributed by atoms with Gasteiger partial charge in [0.05, 0.1) is 18.1 Å². The maximum absolute atomic E-state index is 12.6. The van der Waals surface area contributed by atoms with Crippen LogP contribution in [0.4, 0.5) is 0 Å². The van der Waals surface area contributed by atoms with Crippen LogP contribution in [0.2, 0.25) is 0 Å². The number of hydrogen-bond donors (Lipinski definition) is 1. The van der Waals surface area contributed by atoms with Crippen LogP contribution in [0, 0.1) is 6.92 Å². The van der Waals surface area contributed by atoms with Crippen molar-refractivity contribution >= 4 is 15.9 Å². The molecule has 0 aliphatic carbocycles. The molecule has 0 aromatic heterocycles. The Kier molecular flexibility index (Phi) is 6.20. The highest BCUT2D eigenvalue weighted by Gasteiger charge is 2.26. The number of nitrogens with one attached hydrogen (secondary N) is 1. The molecule has 1 aliphatic rings. The van der Waals surface area contributed by atoms with Crippen LogP contribution in [0.5, 0.6) is 5.75 Å². The van der Waals surface area contributed by atoms with E-state index in [0.29, 0.717) is 37.6 Å². The van der Waals surface area contributed by atoms with Gasteiger partial charge in [0, 0.05) is 19.1 Å². The summed E-state index contributed by atoms with van der Waals surface area (Å²) in [7, 11) is -3.53. The summed E-state index contributed by atoms with van der Waals surface area (Å²) in [5, 5.41) is 2.73. The molecule has 1 N–H and O–H groups in total. The number of carbonyl (C=O) groups excluding carboxylic acids is 1. The first kappa shape index (κ1) is 18.7. The number of aryl methyl sites for hydroxylation is 1. The first-order valence-corrected chi connectivity index (χ1v) is 9.35. The van der Waals surface area contributed by atoms with Crippen molar-refractivity contribution in [3.8, 4) is 5.75 Å². The third-order valence-corrected chi connectivity index (χ3v) is 5.46. The molecule has 0 atom stereocenters. The van der Waals surface area contributed by atoms with Gasteiger partial charge >= 0.3 is 0 Å². The van der Waals surface area contributed by atoms with Crippen molar-refractivity contribution in [2.24, 2.45) is 0 Å². The zero-order chi connectivity index (χ0) is 17.7. The first-order valence-electron chi connectivity index (χ1n) is 7.91. The molecule has 1 heterocycles. The van der Waals surface area contributed by atoms with Gasteiger partial charge in [-0.3, -0.25) is 4.79 Å². The molecule has 1 amide bonds. The van der Waals surface area contributed by atoms with Gasteiger partial charge in [0.2, 0.25) is 10.0 Å². The van der Waals surface area contributed by atoms with E-state index in [2.05, 4.69) is 5.32 Å². The van der Waals surface area contributed by atoms with Crippen molar-refractivity contribution in [2.75, 3.05) is 32.9 Å². The second kappa shape index (κ2) is 7.96. The van der Waals surface area contributed by atoms with Crippen LogP contribution in [-0.4, -0.2) is 57.6 Å². The largest absolute Gasteiger partial charge is 0.484 e. The normalized spacial score (nSPS) is 16.2. The summed E-state index contributed by atoms with van der Waals surface area (Å²) in [6, 6.07) is 4.71. The Morgan fingerprint density at radius 3 is 2.58 bits per heavy atom. The number of rotatable bonds is 6. The maximum Gasteiger partial charge on any atom is 0.258 e. The van der Waals surface area contributed by atoms with Crippen molar-refractivity contribution in [1.82, 2.24) is 9.62 Å². The zero-order valence-electron chi connectivity index (χ0n) is 14.2. The van der Waals surface area contributed by atoms with Crippen molar-refractivity contribution < 1.29 is 22.7 Å². The van der Waals surface area contributed by atoms with E-state index in [1.54, 1.807) is 19.1 Å². The lowest BCUT2D eigenvalue weighted by atomic mass is 10.2. The van der Waals surface area contributed by atoms with Crippen LogP contribution in [0.25, 0.3) is 0 Å². The quantitative estimate of drug-likeness (QED) is 0.819. The fourth-order valence-corrected chi connectivity index (χ4v) is 3.88. The molecule has 8 heteroatoms. The number of amides is 1. The first-order chi connectivity index (χ1) is 11.3. The maximum atomic E-state index is 12.6. The van der Waals surface area contributed by atoms with Crippen LogP contribution in [0.3, 0.4) is 0 Å². The molecule has 0 spiro atoms. The summed E-state index contributed by atoms with van der Waals surface area (Å²) in [6.45, 7) is 6.92. The van der Waals surface area contributed by atoms with Gasteiger partial charge < -0.3 is 14.8 Å². The van der Waals surface area contributed by atoms with Gasteiger partial charge in [-0.25, -0.2) is 8.42 Å². The molecule has 1 aromatic carbocycles. The number of carbonyl (C=O) groups is 1. The minimum atomic E-state index is -3.53. The lowest BCUT2D eigenvalue weighted by Crippen LogP contribution is -2.40. The number of benzene rings is 1. The van der Waals surface area contributed by atoms with Crippen LogP contribution in [-0.2, 0) is 19.6 Å². The summed E-state index contributed by atoms with van der Waals surface area (Å²) < 4.78 is 37.3. The number of ether oxygens (including phenoxy) is 2. The summed E-state index contributed by atoms with van der Waals surface area (Å²) in [6.07, 6.45) is 0. The third-order valence-electron chi connectivity index (χ3n) is 3.56. The van der Waals surface area contributed by atoms with Gasteiger partial charge in [0.15, 0.2) is 6.61 Å². The Labute approximate surface area is 143 Å². The predicted octanol–water partition coefficient (Wildman–Crippen LogP) is 0.919. The minimum absolute atomic E-state index is 0.0447. The molecule has 0 unspecified atom stereocenters. The highest BCUT2D eigenvalue weighted by molar-refractivity contribution is 7.89. The molecule has 2 rings (SSSR count). The van der Waals surface area contributed by atoms with E-state index < -0.39 is 10.0 Å². The van der Waals surface area contributed by atoms with E-state index in [1.807, 2.05) is 13.8 Å². The number of morpholine rings is 1.